The van der Waals surface area contributed by atoms with E-state index in [0.29, 0.717) is 0 Å². The smallest absolute Gasteiger partial charge is 0.0497 e. The van der Waals surface area contributed by atoms with Gasteiger partial charge in [-0.1, -0.05) is 174 Å². The highest BCUT2D eigenvalue weighted by molar-refractivity contribution is 6.20. The lowest BCUT2D eigenvalue weighted by Crippen LogP contribution is -1.92. The summed E-state index contributed by atoms with van der Waals surface area (Å²) in [5.74, 6) is 0. The average Bonchev–Trinajstić information content (AvgIpc) is 3.73. The molecule has 8 rings (SSSR count). The standard InChI is InChI=1S/2C18H15N.6C2H6/c1-2-19-17-10-6-5-9-15(17)16-11-13-7-3-4-8-14(13)12-18(16)19;1-2-19-16-10-6-5-9-15(16)18-14-8-4-3-7-13(14)11-12-17(18)19;6*1-2/h2*3-12H,2H2,1H3;6*1-2H3. The van der Waals surface area contributed by atoms with Crippen LogP contribution in [-0.2, 0) is 13.1 Å². The van der Waals surface area contributed by atoms with E-state index in [1.54, 1.807) is 0 Å². The summed E-state index contributed by atoms with van der Waals surface area (Å²) in [6.45, 7) is 30.4. The first-order chi connectivity index (χ1) is 24.8. The van der Waals surface area contributed by atoms with Gasteiger partial charge in [0.05, 0.1) is 0 Å². The lowest BCUT2D eigenvalue weighted by molar-refractivity contribution is 0.827. The van der Waals surface area contributed by atoms with Crippen molar-refractivity contribution in [1.29, 1.82) is 0 Å². The largest absolute Gasteiger partial charge is 0.341 e. The third-order valence-electron chi connectivity index (χ3n) is 7.93. The predicted octanol–water partition coefficient (Wildman–Crippen LogP) is 16.1. The SMILES string of the molecule is CC.CC.CC.CC.CC.CC.CCn1c2ccccc2c2c3ccccc3ccc21.CCn1c2ccccc2c2cc3ccccc3cc21. The molecule has 0 saturated carbocycles. The van der Waals surface area contributed by atoms with Crippen LogP contribution in [0.5, 0.6) is 0 Å². The second-order valence-corrected chi connectivity index (χ2v) is 9.92. The van der Waals surface area contributed by atoms with Gasteiger partial charge in [-0.3, -0.25) is 0 Å². The highest BCUT2D eigenvalue weighted by atomic mass is 15.0. The van der Waals surface area contributed by atoms with Gasteiger partial charge in [-0.2, -0.15) is 0 Å². The molecule has 0 radical (unpaired) electrons. The Hall–Kier alpha value is -4.56. The van der Waals surface area contributed by atoms with E-state index < -0.39 is 0 Å². The second kappa shape index (κ2) is 23.7. The predicted molar refractivity (Wildman–Crippen MR) is 233 cm³/mol. The zero-order chi connectivity index (χ0) is 37.6. The Bertz CT molecular complexity index is 2090. The number of aryl methyl sites for hydroxylation is 2. The fraction of sp³-hybridized carbons (Fsp3) is 0.333. The van der Waals surface area contributed by atoms with Crippen LogP contribution in [0.4, 0.5) is 0 Å². The third kappa shape index (κ3) is 9.16. The van der Waals surface area contributed by atoms with Crippen LogP contribution in [0.3, 0.4) is 0 Å². The number of nitrogens with zero attached hydrogens (tertiary/aromatic N) is 2. The Labute approximate surface area is 304 Å². The molecule has 0 bridgehead atoms. The van der Waals surface area contributed by atoms with Crippen LogP contribution < -0.4 is 0 Å². The average molecular weight is 671 g/mol. The van der Waals surface area contributed by atoms with E-state index in [0.717, 1.165) is 13.1 Å². The van der Waals surface area contributed by atoms with Gasteiger partial charge >= 0.3 is 0 Å². The van der Waals surface area contributed by atoms with Gasteiger partial charge in [0.25, 0.3) is 0 Å². The molecule has 6 aromatic carbocycles. The number of hydrogen-bond donors (Lipinski definition) is 0. The van der Waals surface area contributed by atoms with Gasteiger partial charge in [0.1, 0.15) is 0 Å². The van der Waals surface area contributed by atoms with E-state index in [1.165, 1.54) is 65.2 Å². The van der Waals surface area contributed by atoms with Crippen molar-refractivity contribution in [3.05, 3.63) is 121 Å². The number of benzene rings is 6. The van der Waals surface area contributed by atoms with E-state index in [2.05, 4.69) is 144 Å². The normalized spacial score (nSPS) is 9.56. The molecule has 0 atom stereocenters. The van der Waals surface area contributed by atoms with Gasteiger partial charge < -0.3 is 9.13 Å². The number of fused-ring (bicyclic) bond motifs is 9. The maximum absolute atomic E-state index is 2.40. The Morgan fingerprint density at radius 1 is 0.320 bits per heavy atom. The summed E-state index contributed by atoms with van der Waals surface area (Å²) < 4.78 is 4.80. The van der Waals surface area contributed by atoms with Gasteiger partial charge in [0, 0.05) is 56.7 Å². The molecule has 0 aliphatic heterocycles. The molecule has 268 valence electrons. The monoisotopic (exact) mass is 671 g/mol. The van der Waals surface area contributed by atoms with Crippen molar-refractivity contribution in [3.8, 4) is 0 Å². The summed E-state index contributed by atoms with van der Waals surface area (Å²) in [5.41, 5.74) is 5.33. The van der Waals surface area contributed by atoms with E-state index in [4.69, 9.17) is 0 Å². The van der Waals surface area contributed by atoms with Crippen LogP contribution in [0.15, 0.2) is 121 Å². The van der Waals surface area contributed by atoms with Gasteiger partial charge in [0.15, 0.2) is 0 Å². The summed E-state index contributed by atoms with van der Waals surface area (Å²) >= 11 is 0. The molecular weight excluding hydrogens is 605 g/mol. The quantitative estimate of drug-likeness (QED) is 0.173. The molecular formula is C48H66N2. The van der Waals surface area contributed by atoms with Crippen LogP contribution in [0.25, 0.3) is 65.2 Å². The van der Waals surface area contributed by atoms with Crippen LogP contribution in [0.2, 0.25) is 0 Å². The molecule has 0 saturated heterocycles. The molecule has 2 aromatic heterocycles. The summed E-state index contributed by atoms with van der Waals surface area (Å²) in [7, 11) is 0. The Morgan fingerprint density at radius 2 is 0.720 bits per heavy atom. The zero-order valence-electron chi connectivity index (χ0n) is 33.9. The van der Waals surface area contributed by atoms with Crippen molar-refractivity contribution >= 4 is 65.2 Å². The first-order valence-corrected chi connectivity index (χ1v) is 19.6. The Balaban J connectivity index is 0.000000386. The van der Waals surface area contributed by atoms with Crippen LogP contribution in [0.1, 0.15) is 96.9 Å². The van der Waals surface area contributed by atoms with Crippen molar-refractivity contribution < 1.29 is 0 Å². The maximum atomic E-state index is 2.40. The van der Waals surface area contributed by atoms with Gasteiger partial charge in [-0.25, -0.2) is 0 Å². The van der Waals surface area contributed by atoms with E-state index >= 15 is 0 Å². The summed E-state index contributed by atoms with van der Waals surface area (Å²) in [6, 6.07) is 43.7. The molecule has 0 amide bonds. The van der Waals surface area contributed by atoms with E-state index in [9.17, 15) is 0 Å². The topological polar surface area (TPSA) is 9.86 Å². The van der Waals surface area contributed by atoms with E-state index in [1.807, 2.05) is 83.1 Å². The van der Waals surface area contributed by atoms with E-state index in [-0.39, 0.29) is 0 Å². The third-order valence-corrected chi connectivity index (χ3v) is 7.93. The maximum Gasteiger partial charge on any atom is 0.0497 e. The van der Waals surface area contributed by atoms with Crippen LogP contribution >= 0.6 is 0 Å². The molecule has 0 spiro atoms. The van der Waals surface area contributed by atoms with Crippen molar-refractivity contribution in [2.45, 2.75) is 110 Å². The zero-order valence-corrected chi connectivity index (χ0v) is 33.9. The fourth-order valence-electron chi connectivity index (χ4n) is 6.23. The number of rotatable bonds is 2. The molecule has 50 heavy (non-hydrogen) atoms. The first-order valence-electron chi connectivity index (χ1n) is 19.6. The highest BCUT2D eigenvalue weighted by Crippen LogP contribution is 2.35. The molecule has 0 unspecified atom stereocenters. The van der Waals surface area contributed by atoms with Crippen LogP contribution in [-0.4, -0.2) is 9.13 Å². The molecule has 8 aromatic rings. The van der Waals surface area contributed by atoms with Gasteiger partial charge in [-0.15, -0.1) is 0 Å². The van der Waals surface area contributed by atoms with Crippen molar-refractivity contribution in [3.63, 3.8) is 0 Å². The number of hydrogen-bond acceptors (Lipinski definition) is 0. The molecule has 0 aliphatic rings. The highest BCUT2D eigenvalue weighted by Gasteiger charge is 2.12. The molecule has 2 heterocycles. The molecule has 0 aliphatic carbocycles. The van der Waals surface area contributed by atoms with Gasteiger partial charge in [-0.05, 0) is 65.7 Å². The number of aromatic nitrogens is 2. The van der Waals surface area contributed by atoms with Crippen molar-refractivity contribution in [2.75, 3.05) is 0 Å². The minimum absolute atomic E-state index is 1.00. The minimum Gasteiger partial charge on any atom is -0.341 e. The lowest BCUT2D eigenvalue weighted by atomic mass is 10.0. The van der Waals surface area contributed by atoms with Crippen LogP contribution in [0, 0.1) is 0 Å². The molecule has 2 nitrogen and oxygen atoms in total. The lowest BCUT2D eigenvalue weighted by Gasteiger charge is -2.04. The second-order valence-electron chi connectivity index (χ2n) is 9.92. The molecule has 2 heteroatoms. The minimum atomic E-state index is 1.00. The summed E-state index contributed by atoms with van der Waals surface area (Å²) in [6.07, 6.45) is 0. The number of para-hydroxylation sites is 2. The summed E-state index contributed by atoms with van der Waals surface area (Å²) in [4.78, 5) is 0. The molecule has 0 fully saturated rings. The fourth-order valence-corrected chi connectivity index (χ4v) is 6.23. The van der Waals surface area contributed by atoms with Crippen molar-refractivity contribution in [1.82, 2.24) is 9.13 Å². The Kier molecular flexibility index (Phi) is 20.6. The first kappa shape index (κ1) is 43.5. The van der Waals surface area contributed by atoms with Gasteiger partial charge in [0.2, 0.25) is 0 Å². The Morgan fingerprint density at radius 3 is 1.26 bits per heavy atom. The summed E-state index contributed by atoms with van der Waals surface area (Å²) in [5, 5.41) is 10.7. The van der Waals surface area contributed by atoms with Crippen molar-refractivity contribution in [2.24, 2.45) is 0 Å². The molecule has 0 N–H and O–H groups in total.